The number of nitrogens with one attached hydrogen (secondary N) is 1. The van der Waals surface area contributed by atoms with Gasteiger partial charge in [-0.15, -0.1) is 0 Å². The first-order chi connectivity index (χ1) is 8.88. The van der Waals surface area contributed by atoms with E-state index in [4.69, 9.17) is 0 Å². The molecule has 3 heteroatoms. The lowest BCUT2D eigenvalue weighted by molar-refractivity contribution is 1.02. The highest BCUT2D eigenvalue weighted by molar-refractivity contribution is 5.64. The number of rotatable bonds is 2. The number of benzene rings is 1. The Morgan fingerprint density at radius 2 is 1.26 bits per heavy atom. The summed E-state index contributed by atoms with van der Waals surface area (Å²) in [6.45, 7) is 12.4. The van der Waals surface area contributed by atoms with E-state index < -0.39 is 0 Å². The molecule has 1 aromatic carbocycles. The van der Waals surface area contributed by atoms with Gasteiger partial charge in [0, 0.05) is 17.1 Å². The summed E-state index contributed by atoms with van der Waals surface area (Å²) in [6, 6.07) is 4.34. The zero-order valence-electron chi connectivity index (χ0n) is 12.5. The third kappa shape index (κ3) is 2.75. The lowest BCUT2D eigenvalue weighted by Crippen LogP contribution is -2.05. The lowest BCUT2D eigenvalue weighted by atomic mass is 10.1. The minimum Gasteiger partial charge on any atom is -0.324 e. The molecule has 2 aromatic rings. The number of hydrogen-bond donors (Lipinski definition) is 1. The van der Waals surface area contributed by atoms with Crippen LogP contribution < -0.4 is 5.32 Å². The minimum absolute atomic E-state index is 0.677. The summed E-state index contributed by atoms with van der Waals surface area (Å²) in [5.41, 5.74) is 8.03. The van der Waals surface area contributed by atoms with Gasteiger partial charge in [-0.05, 0) is 58.2 Å². The van der Waals surface area contributed by atoms with Gasteiger partial charge in [-0.3, -0.25) is 0 Å². The SMILES string of the molecule is Cc1cc(C)c(Nc2nc(C)c(C)c(C)n2)c(C)c1. The molecule has 1 N–H and O–H groups in total. The first kappa shape index (κ1) is 13.5. The Bertz CT molecular complexity index is 584. The third-order valence-corrected chi connectivity index (χ3v) is 3.55. The fraction of sp³-hybridized carbons (Fsp3) is 0.375. The number of aromatic nitrogens is 2. The smallest absolute Gasteiger partial charge is 0.227 e. The maximum absolute atomic E-state index is 4.51. The van der Waals surface area contributed by atoms with E-state index in [9.17, 15) is 0 Å². The van der Waals surface area contributed by atoms with Crippen LogP contribution in [0.3, 0.4) is 0 Å². The third-order valence-electron chi connectivity index (χ3n) is 3.55. The van der Waals surface area contributed by atoms with E-state index in [1.54, 1.807) is 0 Å². The van der Waals surface area contributed by atoms with Crippen LogP contribution in [0.5, 0.6) is 0 Å². The summed E-state index contributed by atoms with van der Waals surface area (Å²) in [6.07, 6.45) is 0. The second-order valence-corrected chi connectivity index (χ2v) is 5.24. The van der Waals surface area contributed by atoms with Gasteiger partial charge in [0.05, 0.1) is 0 Å². The normalized spacial score (nSPS) is 10.6. The van der Waals surface area contributed by atoms with Gasteiger partial charge in [0.2, 0.25) is 5.95 Å². The van der Waals surface area contributed by atoms with E-state index in [1.807, 2.05) is 13.8 Å². The van der Waals surface area contributed by atoms with Gasteiger partial charge >= 0.3 is 0 Å². The van der Waals surface area contributed by atoms with Crippen LogP contribution in [0.25, 0.3) is 0 Å². The van der Waals surface area contributed by atoms with Crippen LogP contribution in [0.15, 0.2) is 12.1 Å². The Labute approximate surface area is 115 Å². The molecule has 0 aliphatic heterocycles. The molecule has 1 heterocycles. The van der Waals surface area contributed by atoms with E-state index >= 15 is 0 Å². The van der Waals surface area contributed by atoms with Crippen molar-refractivity contribution in [3.8, 4) is 0 Å². The summed E-state index contributed by atoms with van der Waals surface area (Å²) < 4.78 is 0. The predicted molar refractivity (Wildman–Crippen MR) is 80.2 cm³/mol. The largest absolute Gasteiger partial charge is 0.324 e. The Morgan fingerprint density at radius 3 is 1.74 bits per heavy atom. The fourth-order valence-corrected chi connectivity index (χ4v) is 2.32. The second-order valence-electron chi connectivity index (χ2n) is 5.24. The molecule has 0 atom stereocenters. The quantitative estimate of drug-likeness (QED) is 0.879. The van der Waals surface area contributed by atoms with Gasteiger partial charge in [0.15, 0.2) is 0 Å². The summed E-state index contributed by atoms with van der Waals surface area (Å²) in [4.78, 5) is 9.02. The molecule has 2 rings (SSSR count). The van der Waals surface area contributed by atoms with Gasteiger partial charge in [-0.2, -0.15) is 0 Å². The number of anilines is 2. The number of aryl methyl sites for hydroxylation is 5. The Kier molecular flexibility index (Phi) is 3.56. The van der Waals surface area contributed by atoms with Crippen molar-refractivity contribution < 1.29 is 0 Å². The van der Waals surface area contributed by atoms with Crippen LogP contribution in [0.1, 0.15) is 33.6 Å². The van der Waals surface area contributed by atoms with Crippen molar-refractivity contribution in [2.24, 2.45) is 0 Å². The zero-order valence-corrected chi connectivity index (χ0v) is 12.5. The average molecular weight is 255 g/mol. The molecule has 0 radical (unpaired) electrons. The van der Waals surface area contributed by atoms with Gasteiger partial charge in [-0.1, -0.05) is 17.7 Å². The van der Waals surface area contributed by atoms with E-state index in [-0.39, 0.29) is 0 Å². The molecular weight excluding hydrogens is 234 g/mol. The minimum atomic E-state index is 0.677. The summed E-state index contributed by atoms with van der Waals surface area (Å²) >= 11 is 0. The molecule has 1 aromatic heterocycles. The molecule has 0 aliphatic rings. The lowest BCUT2D eigenvalue weighted by Gasteiger charge is -2.14. The van der Waals surface area contributed by atoms with Crippen LogP contribution in [-0.4, -0.2) is 9.97 Å². The molecule has 100 valence electrons. The zero-order chi connectivity index (χ0) is 14.2. The van der Waals surface area contributed by atoms with Gasteiger partial charge in [-0.25, -0.2) is 9.97 Å². The standard InChI is InChI=1S/C16H21N3/c1-9-7-10(2)15(11(3)8-9)19-16-17-13(5)12(4)14(6)18-16/h7-8H,1-6H3,(H,17,18,19). The van der Waals surface area contributed by atoms with Crippen LogP contribution in [0.4, 0.5) is 11.6 Å². The first-order valence-electron chi connectivity index (χ1n) is 6.55. The fourth-order valence-electron chi connectivity index (χ4n) is 2.32. The van der Waals surface area contributed by atoms with Gasteiger partial charge in [0.1, 0.15) is 0 Å². The molecule has 0 saturated heterocycles. The van der Waals surface area contributed by atoms with E-state index in [2.05, 4.69) is 55.1 Å². The molecule has 3 nitrogen and oxygen atoms in total. The van der Waals surface area contributed by atoms with Crippen LogP contribution in [0.2, 0.25) is 0 Å². The Morgan fingerprint density at radius 1 is 0.789 bits per heavy atom. The monoisotopic (exact) mass is 255 g/mol. The summed E-state index contributed by atoms with van der Waals surface area (Å²) in [7, 11) is 0. The topological polar surface area (TPSA) is 37.8 Å². The first-order valence-corrected chi connectivity index (χ1v) is 6.55. The molecule has 0 unspecified atom stereocenters. The Hall–Kier alpha value is -1.90. The van der Waals surface area contributed by atoms with Crippen molar-refractivity contribution in [1.29, 1.82) is 0 Å². The Balaban J connectivity index is 2.42. The van der Waals surface area contributed by atoms with Crippen molar-refractivity contribution in [2.45, 2.75) is 41.5 Å². The van der Waals surface area contributed by atoms with Crippen LogP contribution in [-0.2, 0) is 0 Å². The van der Waals surface area contributed by atoms with Crippen molar-refractivity contribution >= 4 is 11.6 Å². The average Bonchev–Trinajstić information content (AvgIpc) is 2.30. The van der Waals surface area contributed by atoms with Crippen molar-refractivity contribution in [2.75, 3.05) is 5.32 Å². The maximum atomic E-state index is 4.51. The molecular formula is C16H21N3. The van der Waals surface area contributed by atoms with E-state index in [0.717, 1.165) is 22.6 Å². The predicted octanol–water partition coefficient (Wildman–Crippen LogP) is 4.07. The number of hydrogen-bond acceptors (Lipinski definition) is 3. The van der Waals surface area contributed by atoms with Gasteiger partial charge in [0.25, 0.3) is 0 Å². The van der Waals surface area contributed by atoms with E-state index in [1.165, 1.54) is 16.7 Å². The molecule has 0 bridgehead atoms. The molecule has 0 fully saturated rings. The van der Waals surface area contributed by atoms with Crippen LogP contribution in [0, 0.1) is 41.5 Å². The highest BCUT2D eigenvalue weighted by Gasteiger charge is 2.08. The summed E-state index contributed by atoms with van der Waals surface area (Å²) in [5.74, 6) is 0.677. The highest BCUT2D eigenvalue weighted by atomic mass is 15.1. The van der Waals surface area contributed by atoms with Crippen molar-refractivity contribution in [3.63, 3.8) is 0 Å². The molecule has 19 heavy (non-hydrogen) atoms. The van der Waals surface area contributed by atoms with Crippen molar-refractivity contribution in [1.82, 2.24) is 9.97 Å². The second kappa shape index (κ2) is 5.00. The van der Waals surface area contributed by atoms with Gasteiger partial charge < -0.3 is 5.32 Å². The van der Waals surface area contributed by atoms with Crippen molar-refractivity contribution in [3.05, 3.63) is 45.8 Å². The number of nitrogens with zero attached hydrogens (tertiary/aromatic N) is 2. The summed E-state index contributed by atoms with van der Waals surface area (Å²) in [5, 5.41) is 3.35. The maximum Gasteiger partial charge on any atom is 0.227 e. The molecule has 0 saturated carbocycles. The molecule has 0 spiro atoms. The van der Waals surface area contributed by atoms with E-state index in [0.29, 0.717) is 5.95 Å². The van der Waals surface area contributed by atoms with Crippen LogP contribution >= 0.6 is 0 Å². The molecule has 0 amide bonds. The molecule has 0 aliphatic carbocycles. The highest BCUT2D eigenvalue weighted by Crippen LogP contribution is 2.25.